The second kappa shape index (κ2) is 7.11. The molecule has 0 fully saturated rings. The summed E-state index contributed by atoms with van der Waals surface area (Å²) in [6.45, 7) is 1.20. The van der Waals surface area contributed by atoms with E-state index < -0.39 is 10.0 Å². The highest BCUT2D eigenvalue weighted by atomic mass is 32.2. The van der Waals surface area contributed by atoms with Gasteiger partial charge in [-0.05, 0) is 31.3 Å². The Bertz CT molecular complexity index is 641. The molecule has 0 saturated heterocycles. The van der Waals surface area contributed by atoms with Crippen LogP contribution in [-0.4, -0.2) is 49.2 Å². The van der Waals surface area contributed by atoms with Crippen LogP contribution in [0.3, 0.4) is 0 Å². The van der Waals surface area contributed by atoms with Crippen molar-refractivity contribution in [2.24, 2.45) is 0 Å². The van der Waals surface area contributed by atoms with Gasteiger partial charge >= 0.3 is 0 Å². The molecule has 1 heterocycles. The lowest BCUT2D eigenvalue weighted by Crippen LogP contribution is -2.23. The first-order valence-electron chi connectivity index (χ1n) is 6.21. The lowest BCUT2D eigenvalue weighted by Gasteiger charge is -2.08. The average molecular weight is 312 g/mol. The van der Waals surface area contributed by atoms with Gasteiger partial charge in [0.15, 0.2) is 5.82 Å². The van der Waals surface area contributed by atoms with Crippen molar-refractivity contribution in [3.63, 3.8) is 0 Å². The molecule has 1 aromatic heterocycles. The molecule has 2 aromatic rings. The van der Waals surface area contributed by atoms with Gasteiger partial charge in [-0.15, -0.1) is 10.2 Å². The Balaban J connectivity index is 1.96. The molecule has 0 aliphatic rings. The van der Waals surface area contributed by atoms with Gasteiger partial charge in [0.25, 0.3) is 0 Å². The monoisotopic (exact) mass is 312 g/mol. The van der Waals surface area contributed by atoms with Crippen LogP contribution in [0, 0.1) is 0 Å². The number of hydrogen-bond donors (Lipinski definition) is 3. The van der Waals surface area contributed by atoms with Crippen LogP contribution in [0.25, 0.3) is 0 Å². The molecule has 0 spiro atoms. The van der Waals surface area contributed by atoms with Gasteiger partial charge in [-0.25, -0.2) is 13.1 Å². The van der Waals surface area contributed by atoms with E-state index in [-0.39, 0.29) is 17.3 Å². The molecule has 0 aliphatic heterocycles. The zero-order valence-electron chi connectivity index (χ0n) is 11.4. The number of ether oxygens (including phenoxy) is 1. The summed E-state index contributed by atoms with van der Waals surface area (Å²) in [5, 5.41) is 15.9. The van der Waals surface area contributed by atoms with Crippen molar-refractivity contribution in [1.82, 2.24) is 30.7 Å². The van der Waals surface area contributed by atoms with Gasteiger partial charge in [-0.3, -0.25) is 0 Å². The summed E-state index contributed by atoms with van der Waals surface area (Å²) < 4.78 is 31.9. The number of rotatable bonds is 8. The van der Waals surface area contributed by atoms with Crippen LogP contribution in [0.1, 0.15) is 5.82 Å². The topological polar surface area (TPSA) is 122 Å². The van der Waals surface area contributed by atoms with Crippen molar-refractivity contribution >= 4 is 10.0 Å². The van der Waals surface area contributed by atoms with Crippen LogP contribution < -0.4 is 14.8 Å². The van der Waals surface area contributed by atoms with Crippen LogP contribution in [0.4, 0.5) is 0 Å². The standard InChI is InChI=1S/C11H16N6O3S/c1-12-6-7-20-9-2-4-10(5-3-9)21(18,19)13-8-11-14-16-17-15-11/h2-5,12-13H,6-8H2,1H3,(H,14,15,16,17). The summed E-state index contributed by atoms with van der Waals surface area (Å²) >= 11 is 0. The van der Waals surface area contributed by atoms with E-state index in [0.29, 0.717) is 18.9 Å². The third kappa shape index (κ3) is 4.48. The number of nitrogens with zero attached hydrogens (tertiary/aromatic N) is 3. The lowest BCUT2D eigenvalue weighted by atomic mass is 10.3. The SMILES string of the molecule is CNCCOc1ccc(S(=O)(=O)NCc2nn[nH]n2)cc1. The molecule has 0 unspecified atom stereocenters. The number of H-pyrrole nitrogens is 1. The fraction of sp³-hybridized carbons (Fsp3) is 0.364. The first kappa shape index (κ1) is 15.4. The molecule has 9 nitrogen and oxygen atoms in total. The molecular weight excluding hydrogens is 296 g/mol. The summed E-state index contributed by atoms with van der Waals surface area (Å²) in [5.74, 6) is 0.882. The maximum absolute atomic E-state index is 12.1. The van der Waals surface area contributed by atoms with Crippen molar-refractivity contribution in [3.05, 3.63) is 30.1 Å². The first-order chi connectivity index (χ1) is 10.1. The Morgan fingerprint density at radius 2 is 2.05 bits per heavy atom. The number of likely N-dealkylation sites (N-methyl/N-ethyl adjacent to an activating group) is 1. The molecule has 0 saturated carbocycles. The van der Waals surface area contributed by atoms with E-state index in [1.165, 1.54) is 12.1 Å². The number of nitrogens with one attached hydrogen (secondary N) is 3. The minimum atomic E-state index is -3.62. The zero-order valence-corrected chi connectivity index (χ0v) is 12.2. The summed E-state index contributed by atoms with van der Waals surface area (Å²) in [7, 11) is -1.79. The van der Waals surface area contributed by atoms with E-state index in [2.05, 4.69) is 30.7 Å². The van der Waals surface area contributed by atoms with E-state index in [1.807, 2.05) is 7.05 Å². The van der Waals surface area contributed by atoms with Crippen LogP contribution in [0.5, 0.6) is 5.75 Å². The quantitative estimate of drug-likeness (QED) is 0.550. The van der Waals surface area contributed by atoms with Gasteiger partial charge in [0, 0.05) is 6.54 Å². The van der Waals surface area contributed by atoms with Gasteiger partial charge < -0.3 is 10.1 Å². The summed E-state index contributed by atoms with van der Waals surface area (Å²) in [6.07, 6.45) is 0. The van der Waals surface area contributed by atoms with E-state index in [4.69, 9.17) is 4.74 Å². The van der Waals surface area contributed by atoms with Gasteiger partial charge in [-0.1, -0.05) is 5.21 Å². The fourth-order valence-electron chi connectivity index (χ4n) is 1.49. The molecule has 0 amide bonds. The molecule has 0 bridgehead atoms. The molecule has 0 radical (unpaired) electrons. The van der Waals surface area contributed by atoms with Crippen LogP contribution >= 0.6 is 0 Å². The van der Waals surface area contributed by atoms with Crippen molar-refractivity contribution < 1.29 is 13.2 Å². The van der Waals surface area contributed by atoms with Crippen LogP contribution in [0.2, 0.25) is 0 Å². The molecule has 2 rings (SSSR count). The minimum Gasteiger partial charge on any atom is -0.492 e. The highest BCUT2D eigenvalue weighted by Crippen LogP contribution is 2.15. The smallest absolute Gasteiger partial charge is 0.240 e. The van der Waals surface area contributed by atoms with Gasteiger partial charge in [0.05, 0.1) is 11.4 Å². The fourth-order valence-corrected chi connectivity index (χ4v) is 2.47. The first-order valence-corrected chi connectivity index (χ1v) is 7.69. The van der Waals surface area contributed by atoms with Crippen molar-refractivity contribution in [2.45, 2.75) is 11.4 Å². The molecule has 1 aromatic carbocycles. The third-order valence-electron chi connectivity index (χ3n) is 2.56. The molecule has 3 N–H and O–H groups in total. The molecule has 114 valence electrons. The zero-order chi connectivity index (χ0) is 15.1. The molecule has 10 heteroatoms. The van der Waals surface area contributed by atoms with Gasteiger partial charge in [0.1, 0.15) is 12.4 Å². The number of aromatic nitrogens is 4. The number of aromatic amines is 1. The summed E-state index contributed by atoms with van der Waals surface area (Å²) in [6, 6.07) is 6.18. The number of hydrogen-bond acceptors (Lipinski definition) is 7. The predicted molar refractivity (Wildman–Crippen MR) is 74.1 cm³/mol. The van der Waals surface area contributed by atoms with E-state index >= 15 is 0 Å². The molecule has 0 atom stereocenters. The Morgan fingerprint density at radius 3 is 2.67 bits per heavy atom. The third-order valence-corrected chi connectivity index (χ3v) is 3.98. The average Bonchev–Trinajstić information content (AvgIpc) is 3.00. The Labute approximate surface area is 122 Å². The highest BCUT2D eigenvalue weighted by Gasteiger charge is 2.14. The number of sulfonamides is 1. The maximum atomic E-state index is 12.1. The summed E-state index contributed by atoms with van der Waals surface area (Å²) in [5.41, 5.74) is 0. The normalized spacial score (nSPS) is 11.5. The largest absolute Gasteiger partial charge is 0.492 e. The second-order valence-electron chi connectivity index (χ2n) is 4.08. The molecule has 0 aliphatic carbocycles. The molecule has 21 heavy (non-hydrogen) atoms. The van der Waals surface area contributed by atoms with E-state index in [9.17, 15) is 8.42 Å². The van der Waals surface area contributed by atoms with Crippen molar-refractivity contribution in [3.8, 4) is 5.75 Å². The maximum Gasteiger partial charge on any atom is 0.240 e. The van der Waals surface area contributed by atoms with Crippen molar-refractivity contribution in [2.75, 3.05) is 20.2 Å². The van der Waals surface area contributed by atoms with Crippen molar-refractivity contribution in [1.29, 1.82) is 0 Å². The Hall–Kier alpha value is -2.04. The molecular formula is C11H16N6O3S. The Morgan fingerprint density at radius 1 is 1.29 bits per heavy atom. The summed E-state index contributed by atoms with van der Waals surface area (Å²) in [4.78, 5) is 0.145. The van der Waals surface area contributed by atoms with Gasteiger partial charge in [0.2, 0.25) is 10.0 Å². The minimum absolute atomic E-state index is 0.0285. The number of benzene rings is 1. The Kier molecular flexibility index (Phi) is 5.20. The predicted octanol–water partition coefficient (Wildman–Crippen LogP) is -0.724. The van der Waals surface area contributed by atoms with Gasteiger partial charge in [-0.2, -0.15) is 5.21 Å². The lowest BCUT2D eigenvalue weighted by molar-refractivity contribution is 0.318. The highest BCUT2D eigenvalue weighted by molar-refractivity contribution is 7.89. The van der Waals surface area contributed by atoms with E-state index in [1.54, 1.807) is 12.1 Å². The van der Waals surface area contributed by atoms with Crippen LogP contribution in [-0.2, 0) is 16.6 Å². The second-order valence-corrected chi connectivity index (χ2v) is 5.84. The number of tetrazole rings is 1. The van der Waals surface area contributed by atoms with Crippen LogP contribution in [0.15, 0.2) is 29.2 Å². The van der Waals surface area contributed by atoms with E-state index in [0.717, 1.165) is 0 Å².